The molecule has 2 N–H and O–H groups in total. The number of nitrogens with one attached hydrogen (secondary N) is 2. The summed E-state index contributed by atoms with van der Waals surface area (Å²) < 4.78 is 14.8. The average molecular weight is 391 g/mol. The lowest BCUT2D eigenvalue weighted by Gasteiger charge is -2.22. The molecule has 0 bridgehead atoms. The number of likely N-dealkylation sites (tertiary alicyclic amines) is 1. The van der Waals surface area contributed by atoms with Crippen molar-refractivity contribution in [2.75, 3.05) is 26.2 Å². The van der Waals surface area contributed by atoms with Crippen molar-refractivity contribution in [3.05, 3.63) is 58.1 Å². The van der Waals surface area contributed by atoms with Crippen molar-refractivity contribution in [1.29, 1.82) is 5.41 Å². The van der Waals surface area contributed by atoms with Crippen molar-refractivity contribution < 1.29 is 4.39 Å². The first kappa shape index (κ1) is 19.7. The van der Waals surface area contributed by atoms with E-state index in [9.17, 15) is 4.39 Å². The maximum atomic E-state index is 14.8. The van der Waals surface area contributed by atoms with Crippen LogP contribution in [0.15, 0.2) is 36.2 Å². The van der Waals surface area contributed by atoms with E-state index in [2.05, 4.69) is 23.2 Å². The molecule has 0 spiro atoms. The Bertz CT molecular complexity index is 715. The third-order valence-electron chi connectivity index (χ3n) is 5.06. The predicted molar refractivity (Wildman–Crippen MR) is 110 cm³/mol. The van der Waals surface area contributed by atoms with Gasteiger partial charge in [0.1, 0.15) is 17.5 Å². The van der Waals surface area contributed by atoms with Crippen LogP contribution in [0.4, 0.5) is 4.39 Å². The number of halogens is 2. The Balaban J connectivity index is 1.74. The van der Waals surface area contributed by atoms with E-state index >= 15 is 0 Å². The second-order valence-electron chi connectivity index (χ2n) is 7.08. The number of allylic oxidation sites excluding steroid dienone is 3. The lowest BCUT2D eigenvalue weighted by Crippen LogP contribution is -2.28. The Morgan fingerprint density at radius 2 is 2.07 bits per heavy atom. The molecule has 3 rings (SSSR count). The van der Waals surface area contributed by atoms with Crippen molar-refractivity contribution in [2.45, 2.75) is 39.2 Å². The Morgan fingerprint density at radius 1 is 1.30 bits per heavy atom. The molecule has 0 radical (unpaired) electrons. The van der Waals surface area contributed by atoms with Crippen molar-refractivity contribution in [2.24, 2.45) is 0 Å². The summed E-state index contributed by atoms with van der Waals surface area (Å²) in [4.78, 5) is 4.09. The van der Waals surface area contributed by atoms with E-state index in [4.69, 9.17) is 17.0 Å². The van der Waals surface area contributed by atoms with Crippen LogP contribution in [0.3, 0.4) is 0 Å². The Hall–Kier alpha value is -2.01. The van der Waals surface area contributed by atoms with Crippen LogP contribution in [0.5, 0.6) is 0 Å². The van der Waals surface area contributed by atoms with Crippen LogP contribution in [0.25, 0.3) is 0 Å². The third-order valence-corrected chi connectivity index (χ3v) is 5.40. The predicted octanol–water partition coefficient (Wildman–Crippen LogP) is 4.50. The minimum absolute atomic E-state index is 0.339. The SMILES string of the molecule is CCC/C=C\C=C1/NCCN1Cc1c(F)cc(C(=N)N2CCCC2)cc1Cl. The summed E-state index contributed by atoms with van der Waals surface area (Å²) in [7, 11) is 0. The summed E-state index contributed by atoms with van der Waals surface area (Å²) in [5, 5.41) is 12.0. The number of amidine groups is 1. The summed E-state index contributed by atoms with van der Waals surface area (Å²) in [5.74, 6) is 1.02. The van der Waals surface area contributed by atoms with E-state index in [1.165, 1.54) is 6.07 Å². The molecule has 1 aromatic carbocycles. The zero-order valence-electron chi connectivity index (χ0n) is 15.9. The zero-order chi connectivity index (χ0) is 19.2. The standard InChI is InChI=1S/C21H28ClFN4/c1-2-3-4-5-8-20-25-9-12-27(20)15-17-18(22)13-16(14-19(17)23)21(24)26-10-6-7-11-26/h4-5,8,13-14,24-25H,2-3,6-7,9-12,15H2,1H3/b5-4-,20-8+,24-21?. The molecular formula is C21H28ClFN4. The average Bonchev–Trinajstić information content (AvgIpc) is 3.33. The van der Waals surface area contributed by atoms with Gasteiger partial charge in [0.15, 0.2) is 0 Å². The fourth-order valence-corrected chi connectivity index (χ4v) is 3.77. The van der Waals surface area contributed by atoms with Gasteiger partial charge in [-0.1, -0.05) is 37.1 Å². The first-order valence-corrected chi connectivity index (χ1v) is 10.2. The van der Waals surface area contributed by atoms with Gasteiger partial charge < -0.3 is 15.1 Å². The molecule has 146 valence electrons. The summed E-state index contributed by atoms with van der Waals surface area (Å²) in [5.41, 5.74) is 1.04. The van der Waals surface area contributed by atoms with Crippen LogP contribution >= 0.6 is 11.6 Å². The van der Waals surface area contributed by atoms with E-state index in [0.29, 0.717) is 28.5 Å². The topological polar surface area (TPSA) is 42.4 Å². The molecule has 0 unspecified atom stereocenters. The van der Waals surface area contributed by atoms with Gasteiger partial charge in [-0.3, -0.25) is 5.41 Å². The third kappa shape index (κ3) is 4.83. The lowest BCUT2D eigenvalue weighted by atomic mass is 10.1. The molecular weight excluding hydrogens is 363 g/mol. The van der Waals surface area contributed by atoms with Gasteiger partial charge >= 0.3 is 0 Å². The molecule has 2 fully saturated rings. The van der Waals surface area contributed by atoms with E-state index in [1.54, 1.807) is 6.07 Å². The van der Waals surface area contributed by atoms with Crippen LogP contribution in [0, 0.1) is 11.2 Å². The van der Waals surface area contributed by atoms with Gasteiger partial charge in [0, 0.05) is 48.9 Å². The molecule has 27 heavy (non-hydrogen) atoms. The normalized spacial score (nSPS) is 18.7. The van der Waals surface area contributed by atoms with E-state index < -0.39 is 0 Å². The van der Waals surface area contributed by atoms with Gasteiger partial charge in [-0.25, -0.2) is 4.39 Å². The highest BCUT2D eigenvalue weighted by Crippen LogP contribution is 2.26. The van der Waals surface area contributed by atoms with Gasteiger partial charge in [0.2, 0.25) is 0 Å². The monoisotopic (exact) mass is 390 g/mol. The number of benzene rings is 1. The summed E-state index contributed by atoms with van der Waals surface area (Å²) in [6.45, 7) is 5.94. The number of nitrogens with zero attached hydrogens (tertiary/aromatic N) is 2. The van der Waals surface area contributed by atoms with Crippen LogP contribution in [-0.4, -0.2) is 41.8 Å². The van der Waals surface area contributed by atoms with Crippen molar-refractivity contribution in [1.82, 2.24) is 15.1 Å². The molecule has 4 nitrogen and oxygen atoms in total. The number of hydrogen-bond acceptors (Lipinski definition) is 3. The Morgan fingerprint density at radius 3 is 2.78 bits per heavy atom. The zero-order valence-corrected chi connectivity index (χ0v) is 16.7. The lowest BCUT2D eigenvalue weighted by molar-refractivity contribution is 0.380. The second-order valence-corrected chi connectivity index (χ2v) is 7.49. The highest BCUT2D eigenvalue weighted by Gasteiger charge is 2.22. The highest BCUT2D eigenvalue weighted by atomic mass is 35.5. The van der Waals surface area contributed by atoms with Gasteiger partial charge in [0.25, 0.3) is 0 Å². The molecule has 1 aromatic rings. The first-order chi connectivity index (χ1) is 13.1. The van der Waals surface area contributed by atoms with Gasteiger partial charge in [-0.2, -0.15) is 0 Å². The van der Waals surface area contributed by atoms with Crippen molar-refractivity contribution >= 4 is 17.4 Å². The fraction of sp³-hybridized carbons (Fsp3) is 0.476. The molecule has 2 heterocycles. The van der Waals surface area contributed by atoms with Crippen LogP contribution in [-0.2, 0) is 6.54 Å². The van der Waals surface area contributed by atoms with E-state index in [1.807, 2.05) is 17.1 Å². The quantitative estimate of drug-likeness (QED) is 0.555. The minimum Gasteiger partial charge on any atom is -0.370 e. The maximum Gasteiger partial charge on any atom is 0.130 e. The Kier molecular flexibility index (Phi) is 6.78. The molecule has 0 saturated carbocycles. The molecule has 0 atom stereocenters. The van der Waals surface area contributed by atoms with Crippen molar-refractivity contribution in [3.8, 4) is 0 Å². The molecule has 2 saturated heterocycles. The summed E-state index contributed by atoms with van der Waals surface area (Å²) in [6.07, 6.45) is 10.6. The van der Waals surface area contributed by atoms with E-state index in [0.717, 1.165) is 57.7 Å². The number of hydrogen-bond donors (Lipinski definition) is 2. The van der Waals surface area contributed by atoms with E-state index in [-0.39, 0.29) is 5.82 Å². The summed E-state index contributed by atoms with van der Waals surface area (Å²) in [6, 6.07) is 3.19. The minimum atomic E-state index is -0.339. The fourth-order valence-electron chi connectivity index (χ4n) is 3.51. The largest absolute Gasteiger partial charge is 0.370 e. The molecule has 2 aliphatic heterocycles. The number of rotatable bonds is 6. The molecule has 0 amide bonds. The van der Waals surface area contributed by atoms with Crippen LogP contribution < -0.4 is 5.32 Å². The maximum absolute atomic E-state index is 14.8. The van der Waals surface area contributed by atoms with Gasteiger partial charge in [-0.15, -0.1) is 0 Å². The van der Waals surface area contributed by atoms with Gasteiger partial charge in [0.05, 0.1) is 0 Å². The smallest absolute Gasteiger partial charge is 0.130 e. The molecule has 0 aliphatic carbocycles. The molecule has 0 aromatic heterocycles. The van der Waals surface area contributed by atoms with Crippen LogP contribution in [0.2, 0.25) is 5.02 Å². The van der Waals surface area contributed by atoms with Crippen molar-refractivity contribution in [3.63, 3.8) is 0 Å². The highest BCUT2D eigenvalue weighted by molar-refractivity contribution is 6.31. The first-order valence-electron chi connectivity index (χ1n) is 9.77. The summed E-state index contributed by atoms with van der Waals surface area (Å²) >= 11 is 6.42. The Labute approximate surface area is 166 Å². The van der Waals surface area contributed by atoms with Gasteiger partial charge in [-0.05, 0) is 37.5 Å². The molecule has 2 aliphatic rings. The molecule has 6 heteroatoms. The number of unbranched alkanes of at least 4 members (excludes halogenated alkanes) is 1. The van der Waals surface area contributed by atoms with Crippen LogP contribution in [0.1, 0.15) is 43.7 Å². The second kappa shape index (κ2) is 9.27.